The van der Waals surface area contributed by atoms with Crippen molar-refractivity contribution in [2.45, 2.75) is 57.8 Å². The van der Waals surface area contributed by atoms with Crippen LogP contribution in [0.4, 0.5) is 0 Å². The van der Waals surface area contributed by atoms with Gasteiger partial charge in [-0.1, -0.05) is 19.0 Å². The van der Waals surface area contributed by atoms with Crippen LogP contribution >= 0.6 is 0 Å². The van der Waals surface area contributed by atoms with Crippen LogP contribution in [0.25, 0.3) is 0 Å². The molecular weight excluding hydrogens is 240 g/mol. The van der Waals surface area contributed by atoms with Crippen LogP contribution in [0, 0.1) is 16.7 Å². The van der Waals surface area contributed by atoms with Crippen molar-refractivity contribution in [3.63, 3.8) is 0 Å². The van der Waals surface area contributed by atoms with E-state index in [4.69, 9.17) is 4.52 Å². The number of rotatable bonds is 2. The van der Waals surface area contributed by atoms with Gasteiger partial charge in [0, 0.05) is 5.41 Å². The maximum Gasteiger partial charge on any atom is 0.290 e. The highest BCUT2D eigenvalue weighted by molar-refractivity contribution is 5.67. The fourth-order valence-electron chi connectivity index (χ4n) is 6.20. The summed E-state index contributed by atoms with van der Waals surface area (Å²) >= 11 is 0. The first-order chi connectivity index (χ1) is 8.94. The van der Waals surface area contributed by atoms with E-state index in [-0.39, 0.29) is 11.3 Å². The summed E-state index contributed by atoms with van der Waals surface area (Å²) in [5.41, 5.74) is 0.917. The van der Waals surface area contributed by atoms with Gasteiger partial charge in [0.25, 0.3) is 5.89 Å². The molecule has 4 bridgehead atoms. The summed E-state index contributed by atoms with van der Waals surface area (Å²) < 4.78 is 5.04. The quantitative estimate of drug-likeness (QED) is 0.766. The molecule has 102 valence electrons. The average Bonchev–Trinajstić information content (AvgIpc) is 2.72. The molecule has 4 nitrogen and oxygen atoms in total. The maximum atomic E-state index is 10.8. The highest BCUT2D eigenvalue weighted by Gasteiger charge is 2.62. The van der Waals surface area contributed by atoms with E-state index in [9.17, 15) is 4.79 Å². The Morgan fingerprint density at radius 3 is 2.37 bits per heavy atom. The van der Waals surface area contributed by atoms with E-state index in [1.165, 1.54) is 25.7 Å². The van der Waals surface area contributed by atoms with Crippen molar-refractivity contribution in [3.8, 4) is 0 Å². The van der Waals surface area contributed by atoms with E-state index >= 15 is 0 Å². The number of hydrogen-bond donors (Lipinski definition) is 0. The van der Waals surface area contributed by atoms with Crippen LogP contribution in [0.2, 0.25) is 0 Å². The van der Waals surface area contributed by atoms with Gasteiger partial charge >= 0.3 is 0 Å². The highest BCUT2D eigenvalue weighted by Crippen LogP contribution is 2.69. The zero-order chi connectivity index (χ0) is 13.3. The molecule has 4 saturated carbocycles. The standard InChI is InChI=1S/C15H20N2O2/c1-13-3-10-4-14(2,7-13)9-15(5-10,8-13)12-16-11(6-18)19-17-12/h6,10H,3-5,7-9H2,1-2H3. The molecular formula is C15H20N2O2. The first-order valence-electron chi connectivity index (χ1n) is 7.24. The molecule has 0 N–H and O–H groups in total. The van der Waals surface area contributed by atoms with Crippen LogP contribution in [0.5, 0.6) is 0 Å². The van der Waals surface area contributed by atoms with Gasteiger partial charge in [0.2, 0.25) is 6.29 Å². The smallest absolute Gasteiger partial charge is 0.290 e. The van der Waals surface area contributed by atoms with E-state index in [0.717, 1.165) is 24.6 Å². The summed E-state index contributed by atoms with van der Waals surface area (Å²) in [6, 6.07) is 0. The van der Waals surface area contributed by atoms with E-state index in [0.29, 0.717) is 17.1 Å². The Hall–Kier alpha value is -1.19. The second-order valence-corrected chi connectivity index (χ2v) is 7.98. The molecule has 4 heteroatoms. The Morgan fingerprint density at radius 1 is 1.16 bits per heavy atom. The second-order valence-electron chi connectivity index (χ2n) is 7.98. The van der Waals surface area contributed by atoms with Crippen LogP contribution < -0.4 is 0 Å². The Balaban J connectivity index is 1.80. The van der Waals surface area contributed by atoms with E-state index < -0.39 is 0 Å². The first-order valence-corrected chi connectivity index (χ1v) is 7.24. The SMILES string of the molecule is CC12CC3CC(C)(C1)CC(c1noc(C=O)n1)(C3)C2. The number of hydrogen-bond acceptors (Lipinski definition) is 4. The molecule has 4 aliphatic carbocycles. The number of nitrogens with zero attached hydrogens (tertiary/aromatic N) is 2. The number of aromatic nitrogens is 2. The molecule has 1 aromatic heterocycles. The minimum atomic E-state index is 0.0632. The number of carbonyl (C=O) groups is 1. The van der Waals surface area contributed by atoms with E-state index in [1.54, 1.807) is 0 Å². The number of carbonyl (C=O) groups excluding carboxylic acids is 1. The summed E-state index contributed by atoms with van der Waals surface area (Å²) in [4.78, 5) is 15.1. The van der Waals surface area contributed by atoms with Gasteiger partial charge in [0.1, 0.15) is 0 Å². The molecule has 0 aromatic carbocycles. The van der Waals surface area contributed by atoms with Crippen molar-refractivity contribution >= 4 is 6.29 Å². The van der Waals surface area contributed by atoms with Crippen LogP contribution in [0.1, 0.15) is 68.9 Å². The van der Waals surface area contributed by atoms with Crippen molar-refractivity contribution in [2.24, 2.45) is 16.7 Å². The van der Waals surface area contributed by atoms with Gasteiger partial charge in [-0.3, -0.25) is 4.79 Å². The molecule has 2 unspecified atom stereocenters. The van der Waals surface area contributed by atoms with Gasteiger partial charge < -0.3 is 4.52 Å². The molecule has 19 heavy (non-hydrogen) atoms. The normalized spacial score (nSPS) is 47.6. The molecule has 4 fully saturated rings. The average molecular weight is 260 g/mol. The van der Waals surface area contributed by atoms with Crippen molar-refractivity contribution in [1.82, 2.24) is 10.1 Å². The molecule has 1 heterocycles. The Morgan fingerprint density at radius 2 is 1.84 bits per heavy atom. The molecule has 5 rings (SSSR count). The van der Waals surface area contributed by atoms with Gasteiger partial charge in [-0.15, -0.1) is 0 Å². The lowest BCUT2D eigenvalue weighted by molar-refractivity contribution is -0.113. The summed E-state index contributed by atoms with van der Waals surface area (Å²) in [6.45, 7) is 4.84. The van der Waals surface area contributed by atoms with Gasteiger partial charge in [-0.25, -0.2) is 0 Å². The third-order valence-corrected chi connectivity index (χ3v) is 5.64. The molecule has 2 atom stereocenters. The van der Waals surface area contributed by atoms with E-state index in [1.807, 2.05) is 0 Å². The van der Waals surface area contributed by atoms with E-state index in [2.05, 4.69) is 24.0 Å². The monoisotopic (exact) mass is 260 g/mol. The van der Waals surface area contributed by atoms with Crippen molar-refractivity contribution in [1.29, 1.82) is 0 Å². The third-order valence-electron chi connectivity index (χ3n) is 5.64. The fraction of sp³-hybridized carbons (Fsp3) is 0.800. The van der Waals surface area contributed by atoms with Gasteiger partial charge in [0.05, 0.1) is 0 Å². The van der Waals surface area contributed by atoms with Gasteiger partial charge in [0.15, 0.2) is 5.82 Å². The summed E-state index contributed by atoms with van der Waals surface area (Å²) in [5, 5.41) is 4.12. The van der Waals surface area contributed by atoms with Crippen LogP contribution in [0.15, 0.2) is 4.52 Å². The van der Waals surface area contributed by atoms with Crippen molar-refractivity contribution in [3.05, 3.63) is 11.7 Å². The molecule has 1 aromatic rings. The number of aldehydes is 1. The Labute approximate surface area is 113 Å². The lowest BCUT2D eigenvalue weighted by Crippen LogP contribution is -2.57. The lowest BCUT2D eigenvalue weighted by Gasteiger charge is -2.64. The maximum absolute atomic E-state index is 10.8. The predicted octanol–water partition coefficient (Wildman–Crippen LogP) is 3.13. The molecule has 0 spiro atoms. The van der Waals surface area contributed by atoms with Gasteiger partial charge in [-0.2, -0.15) is 4.98 Å². The van der Waals surface area contributed by atoms with Crippen molar-refractivity contribution < 1.29 is 9.32 Å². The summed E-state index contributed by atoms with van der Waals surface area (Å²) in [7, 11) is 0. The molecule has 0 saturated heterocycles. The third kappa shape index (κ3) is 1.55. The molecule has 4 aliphatic rings. The zero-order valence-corrected chi connectivity index (χ0v) is 11.6. The van der Waals surface area contributed by atoms with Crippen molar-refractivity contribution in [2.75, 3.05) is 0 Å². The molecule has 0 aliphatic heterocycles. The van der Waals surface area contributed by atoms with Crippen LogP contribution in [-0.2, 0) is 5.41 Å². The largest absolute Gasteiger partial charge is 0.331 e. The summed E-state index contributed by atoms with van der Waals surface area (Å²) in [6.07, 6.45) is 8.17. The summed E-state index contributed by atoms with van der Waals surface area (Å²) in [5.74, 6) is 1.71. The minimum Gasteiger partial charge on any atom is -0.331 e. The second kappa shape index (κ2) is 3.28. The predicted molar refractivity (Wildman–Crippen MR) is 68.8 cm³/mol. The molecule has 0 radical (unpaired) electrons. The fourth-order valence-corrected chi connectivity index (χ4v) is 6.20. The minimum absolute atomic E-state index is 0.0632. The Bertz CT molecular complexity index is 532. The molecule has 0 amide bonds. The topological polar surface area (TPSA) is 56.0 Å². The first kappa shape index (κ1) is 11.6. The highest BCUT2D eigenvalue weighted by atomic mass is 16.5. The zero-order valence-electron chi connectivity index (χ0n) is 11.6. The van der Waals surface area contributed by atoms with Crippen LogP contribution in [-0.4, -0.2) is 16.4 Å². The van der Waals surface area contributed by atoms with Crippen LogP contribution in [0.3, 0.4) is 0 Å². The Kier molecular flexibility index (Phi) is 2.00. The van der Waals surface area contributed by atoms with Gasteiger partial charge in [-0.05, 0) is 55.3 Å². The lowest BCUT2D eigenvalue weighted by atomic mass is 9.40.